The van der Waals surface area contributed by atoms with Gasteiger partial charge in [0.2, 0.25) is 5.91 Å². The minimum absolute atomic E-state index is 0.0727. The zero-order valence-electron chi connectivity index (χ0n) is 10.4. The summed E-state index contributed by atoms with van der Waals surface area (Å²) in [4.78, 5) is 24.5. The summed E-state index contributed by atoms with van der Waals surface area (Å²) in [6.45, 7) is 6.47. The molecule has 2 fully saturated rings. The Morgan fingerprint density at radius 1 is 1.47 bits per heavy atom. The van der Waals surface area contributed by atoms with Crippen molar-refractivity contribution in [3.8, 4) is 0 Å². The Morgan fingerprint density at radius 2 is 2.18 bits per heavy atom. The number of fused-ring (bicyclic) bond motifs is 1. The molecule has 0 aromatic heterocycles. The second kappa shape index (κ2) is 4.18. The van der Waals surface area contributed by atoms with Crippen LogP contribution in [0.5, 0.6) is 0 Å². The Bertz CT molecular complexity index is 337. The third-order valence-corrected chi connectivity index (χ3v) is 2.69. The first-order valence-corrected chi connectivity index (χ1v) is 5.74. The molecule has 0 aromatic carbocycles. The molecule has 2 rings (SSSR count). The molecule has 2 atom stereocenters. The van der Waals surface area contributed by atoms with Gasteiger partial charge in [0.05, 0.1) is 18.7 Å². The summed E-state index contributed by atoms with van der Waals surface area (Å²) in [6.07, 6.45) is -0.468. The van der Waals surface area contributed by atoms with E-state index in [4.69, 9.17) is 9.47 Å². The zero-order chi connectivity index (χ0) is 12.6. The van der Waals surface area contributed by atoms with E-state index < -0.39 is 5.60 Å². The van der Waals surface area contributed by atoms with Crippen molar-refractivity contribution in [3.63, 3.8) is 0 Å². The number of ether oxygens (including phenoxy) is 2. The fourth-order valence-electron chi connectivity index (χ4n) is 1.99. The molecule has 2 aliphatic rings. The maximum atomic E-state index is 11.8. The SMILES string of the molecule is CC(C)(C)OC(=O)N1C[C@@H]2NC(=O)CO[C@@H]2C1. The average molecular weight is 242 g/mol. The summed E-state index contributed by atoms with van der Waals surface area (Å²) in [5.74, 6) is -0.128. The van der Waals surface area contributed by atoms with Gasteiger partial charge < -0.3 is 19.7 Å². The monoisotopic (exact) mass is 242 g/mol. The van der Waals surface area contributed by atoms with Gasteiger partial charge >= 0.3 is 6.09 Å². The van der Waals surface area contributed by atoms with Crippen LogP contribution in [-0.4, -0.2) is 54.3 Å². The second-order valence-corrected chi connectivity index (χ2v) is 5.41. The second-order valence-electron chi connectivity index (χ2n) is 5.41. The first-order chi connectivity index (χ1) is 7.85. The molecule has 0 radical (unpaired) electrons. The summed E-state index contributed by atoms with van der Waals surface area (Å²) in [6, 6.07) is -0.108. The minimum atomic E-state index is -0.505. The van der Waals surface area contributed by atoms with E-state index in [1.165, 1.54) is 0 Å². The molecule has 2 saturated heterocycles. The number of morpholine rings is 1. The van der Waals surface area contributed by atoms with Crippen LogP contribution in [0.3, 0.4) is 0 Å². The molecule has 96 valence electrons. The molecule has 0 aliphatic carbocycles. The summed E-state index contributed by atoms with van der Waals surface area (Å²) < 4.78 is 10.6. The number of amides is 2. The van der Waals surface area contributed by atoms with Crippen LogP contribution < -0.4 is 5.32 Å². The highest BCUT2D eigenvalue weighted by Gasteiger charge is 2.41. The maximum absolute atomic E-state index is 11.8. The lowest BCUT2D eigenvalue weighted by molar-refractivity contribution is -0.134. The summed E-state index contributed by atoms with van der Waals surface area (Å²) in [5.41, 5.74) is -0.505. The summed E-state index contributed by atoms with van der Waals surface area (Å²) in [5, 5.41) is 2.81. The molecular formula is C11H18N2O4. The van der Waals surface area contributed by atoms with E-state index in [1.54, 1.807) is 4.90 Å². The van der Waals surface area contributed by atoms with Crippen LogP contribution in [0.25, 0.3) is 0 Å². The predicted molar refractivity (Wildman–Crippen MR) is 59.5 cm³/mol. The summed E-state index contributed by atoms with van der Waals surface area (Å²) in [7, 11) is 0. The van der Waals surface area contributed by atoms with Crippen molar-refractivity contribution in [1.82, 2.24) is 10.2 Å². The van der Waals surface area contributed by atoms with Gasteiger partial charge in [0.15, 0.2) is 0 Å². The lowest BCUT2D eigenvalue weighted by Gasteiger charge is -2.24. The Kier molecular flexibility index (Phi) is 2.99. The maximum Gasteiger partial charge on any atom is 0.410 e. The van der Waals surface area contributed by atoms with Crippen LogP contribution >= 0.6 is 0 Å². The largest absolute Gasteiger partial charge is 0.444 e. The molecule has 0 unspecified atom stereocenters. The number of carbonyl (C=O) groups is 2. The average Bonchev–Trinajstić information content (AvgIpc) is 2.57. The molecule has 6 nitrogen and oxygen atoms in total. The Balaban J connectivity index is 1.93. The van der Waals surface area contributed by atoms with Crippen molar-refractivity contribution >= 4 is 12.0 Å². The Labute approximate surface area is 100 Å². The lowest BCUT2D eigenvalue weighted by atomic mass is 10.2. The Hall–Kier alpha value is -1.30. The number of likely N-dealkylation sites (tertiary alicyclic amines) is 1. The van der Waals surface area contributed by atoms with Crippen molar-refractivity contribution in [3.05, 3.63) is 0 Å². The van der Waals surface area contributed by atoms with E-state index in [2.05, 4.69) is 5.32 Å². The van der Waals surface area contributed by atoms with E-state index >= 15 is 0 Å². The molecule has 0 saturated carbocycles. The highest BCUT2D eigenvalue weighted by Crippen LogP contribution is 2.19. The van der Waals surface area contributed by atoms with E-state index in [0.29, 0.717) is 13.1 Å². The molecule has 0 spiro atoms. The predicted octanol–water partition coefficient (Wildman–Crippen LogP) is 0.121. The fraction of sp³-hybridized carbons (Fsp3) is 0.818. The minimum Gasteiger partial charge on any atom is -0.444 e. The first kappa shape index (κ1) is 12.2. The van der Waals surface area contributed by atoms with Gasteiger partial charge in [-0.15, -0.1) is 0 Å². The van der Waals surface area contributed by atoms with Gasteiger partial charge in [0.25, 0.3) is 0 Å². The van der Waals surface area contributed by atoms with Crippen LogP contribution in [0.15, 0.2) is 0 Å². The molecular weight excluding hydrogens is 224 g/mol. The van der Waals surface area contributed by atoms with Crippen LogP contribution in [-0.2, 0) is 14.3 Å². The Morgan fingerprint density at radius 3 is 2.82 bits per heavy atom. The van der Waals surface area contributed by atoms with Crippen molar-refractivity contribution in [2.45, 2.75) is 38.5 Å². The fourth-order valence-corrected chi connectivity index (χ4v) is 1.99. The molecule has 0 aromatic rings. The number of hydrogen-bond donors (Lipinski definition) is 1. The molecule has 0 bridgehead atoms. The third kappa shape index (κ3) is 2.88. The van der Waals surface area contributed by atoms with Gasteiger partial charge in [-0.3, -0.25) is 4.79 Å². The number of rotatable bonds is 0. The van der Waals surface area contributed by atoms with E-state index in [0.717, 1.165) is 0 Å². The third-order valence-electron chi connectivity index (χ3n) is 2.69. The topological polar surface area (TPSA) is 67.9 Å². The molecule has 6 heteroatoms. The van der Waals surface area contributed by atoms with Gasteiger partial charge in [-0.25, -0.2) is 4.79 Å². The number of nitrogens with one attached hydrogen (secondary N) is 1. The van der Waals surface area contributed by atoms with Crippen molar-refractivity contribution in [1.29, 1.82) is 0 Å². The highest BCUT2D eigenvalue weighted by atomic mass is 16.6. The molecule has 2 amide bonds. The summed E-state index contributed by atoms with van der Waals surface area (Å²) >= 11 is 0. The molecule has 2 heterocycles. The van der Waals surface area contributed by atoms with E-state index in [-0.39, 0.29) is 30.8 Å². The smallest absolute Gasteiger partial charge is 0.410 e. The van der Waals surface area contributed by atoms with Gasteiger partial charge in [0.1, 0.15) is 12.2 Å². The van der Waals surface area contributed by atoms with Gasteiger partial charge in [-0.1, -0.05) is 0 Å². The number of nitrogens with zero attached hydrogens (tertiary/aromatic N) is 1. The van der Waals surface area contributed by atoms with Crippen molar-refractivity contribution in [2.75, 3.05) is 19.7 Å². The van der Waals surface area contributed by atoms with Crippen LogP contribution in [0, 0.1) is 0 Å². The van der Waals surface area contributed by atoms with Crippen LogP contribution in [0.4, 0.5) is 4.79 Å². The van der Waals surface area contributed by atoms with Gasteiger partial charge in [-0.05, 0) is 20.8 Å². The van der Waals surface area contributed by atoms with Gasteiger partial charge in [-0.2, -0.15) is 0 Å². The molecule has 1 N–H and O–H groups in total. The lowest BCUT2D eigenvalue weighted by Crippen LogP contribution is -2.50. The van der Waals surface area contributed by atoms with Crippen molar-refractivity contribution < 1.29 is 19.1 Å². The highest BCUT2D eigenvalue weighted by molar-refractivity contribution is 5.78. The van der Waals surface area contributed by atoms with E-state index in [9.17, 15) is 9.59 Å². The normalized spacial score (nSPS) is 28.6. The number of hydrogen-bond acceptors (Lipinski definition) is 4. The van der Waals surface area contributed by atoms with Crippen LogP contribution in [0.2, 0.25) is 0 Å². The van der Waals surface area contributed by atoms with Crippen molar-refractivity contribution in [2.24, 2.45) is 0 Å². The standard InChI is InChI=1S/C11H18N2O4/c1-11(2,3)17-10(15)13-4-7-8(5-13)16-6-9(14)12-7/h7-8H,4-6H2,1-3H3,(H,12,14)/t7-,8+/m0/s1. The first-order valence-electron chi connectivity index (χ1n) is 5.74. The zero-order valence-corrected chi connectivity index (χ0v) is 10.4. The van der Waals surface area contributed by atoms with Crippen LogP contribution in [0.1, 0.15) is 20.8 Å². The molecule has 2 aliphatic heterocycles. The quantitative estimate of drug-likeness (QED) is 0.655. The number of carbonyl (C=O) groups excluding carboxylic acids is 2. The van der Waals surface area contributed by atoms with E-state index in [1.807, 2.05) is 20.8 Å². The molecule has 17 heavy (non-hydrogen) atoms. The van der Waals surface area contributed by atoms with Gasteiger partial charge in [0, 0.05) is 6.54 Å².